The summed E-state index contributed by atoms with van der Waals surface area (Å²) in [5.41, 5.74) is 3.40. The SMILES string of the molecule is Cc1c(Br)ccc(NC(=O)CSc2nnc([C@@H](C)NC(=O)c3ccc(Cl)cc3)n2C)c1C. The molecule has 2 amide bonds. The van der Waals surface area contributed by atoms with Gasteiger partial charge >= 0.3 is 0 Å². The predicted octanol–water partition coefficient (Wildman–Crippen LogP) is 5.07. The first-order chi connectivity index (χ1) is 15.2. The Labute approximate surface area is 204 Å². The summed E-state index contributed by atoms with van der Waals surface area (Å²) in [6, 6.07) is 10.1. The van der Waals surface area contributed by atoms with Gasteiger partial charge < -0.3 is 15.2 Å². The van der Waals surface area contributed by atoms with E-state index in [4.69, 9.17) is 11.6 Å². The number of anilines is 1. The fourth-order valence-corrected chi connectivity index (χ4v) is 4.29. The number of carbonyl (C=O) groups excluding carboxylic acids is 2. The molecule has 0 aliphatic rings. The summed E-state index contributed by atoms with van der Waals surface area (Å²) in [6.07, 6.45) is 0. The standard InChI is InChI=1S/C22H23BrClN5O2S/c1-12-13(2)18(10-9-17(12)23)26-19(30)11-32-22-28-27-20(29(22)4)14(3)25-21(31)15-5-7-16(24)8-6-15/h5-10,14H,11H2,1-4H3,(H,25,31)(H,26,30)/t14-/m1/s1. The van der Waals surface area contributed by atoms with Crippen LogP contribution >= 0.6 is 39.3 Å². The molecule has 0 fully saturated rings. The molecule has 7 nitrogen and oxygen atoms in total. The largest absolute Gasteiger partial charge is 0.342 e. The van der Waals surface area contributed by atoms with Crippen molar-refractivity contribution in [2.24, 2.45) is 7.05 Å². The fourth-order valence-electron chi connectivity index (χ4n) is 3.01. The molecule has 3 rings (SSSR count). The van der Waals surface area contributed by atoms with Crippen molar-refractivity contribution < 1.29 is 9.59 Å². The Bertz CT molecular complexity index is 1150. The Balaban J connectivity index is 1.59. The van der Waals surface area contributed by atoms with Crippen LogP contribution < -0.4 is 10.6 Å². The molecule has 0 spiro atoms. The second-order valence-electron chi connectivity index (χ2n) is 7.28. The number of benzene rings is 2. The molecule has 0 radical (unpaired) electrons. The van der Waals surface area contributed by atoms with Crippen LogP contribution in [0.4, 0.5) is 5.69 Å². The quantitative estimate of drug-likeness (QED) is 0.412. The molecule has 0 unspecified atom stereocenters. The molecule has 168 valence electrons. The zero-order valence-electron chi connectivity index (χ0n) is 18.1. The number of nitrogens with one attached hydrogen (secondary N) is 2. The summed E-state index contributed by atoms with van der Waals surface area (Å²) in [7, 11) is 1.81. The Morgan fingerprint density at radius 2 is 1.81 bits per heavy atom. The zero-order chi connectivity index (χ0) is 23.4. The maximum atomic E-state index is 12.4. The van der Waals surface area contributed by atoms with Crippen LogP contribution in [0.2, 0.25) is 5.02 Å². The minimum atomic E-state index is -0.368. The summed E-state index contributed by atoms with van der Waals surface area (Å²) in [6.45, 7) is 5.80. The van der Waals surface area contributed by atoms with Gasteiger partial charge in [-0.3, -0.25) is 9.59 Å². The monoisotopic (exact) mass is 535 g/mol. The maximum Gasteiger partial charge on any atom is 0.251 e. The summed E-state index contributed by atoms with van der Waals surface area (Å²) in [4.78, 5) is 24.9. The van der Waals surface area contributed by atoms with Gasteiger partial charge in [-0.1, -0.05) is 39.3 Å². The van der Waals surface area contributed by atoms with E-state index in [0.29, 0.717) is 21.6 Å². The van der Waals surface area contributed by atoms with E-state index >= 15 is 0 Å². The molecule has 1 atom stereocenters. The summed E-state index contributed by atoms with van der Waals surface area (Å²) < 4.78 is 2.78. The number of hydrogen-bond acceptors (Lipinski definition) is 5. The molecule has 3 aromatic rings. The number of nitrogens with zero attached hydrogens (tertiary/aromatic N) is 3. The fraction of sp³-hybridized carbons (Fsp3) is 0.273. The van der Waals surface area contributed by atoms with Crippen LogP contribution in [0, 0.1) is 13.8 Å². The van der Waals surface area contributed by atoms with Crippen LogP contribution in [0.15, 0.2) is 46.0 Å². The molecule has 0 saturated heterocycles. The average Bonchev–Trinajstić information content (AvgIpc) is 3.13. The first-order valence-electron chi connectivity index (χ1n) is 9.81. The third-order valence-corrected chi connectivity index (χ3v) is 7.17. The molecule has 1 aromatic heterocycles. The van der Waals surface area contributed by atoms with E-state index in [1.165, 1.54) is 11.8 Å². The number of rotatable bonds is 7. The minimum absolute atomic E-state index is 0.131. The first kappa shape index (κ1) is 24.3. The highest BCUT2D eigenvalue weighted by Crippen LogP contribution is 2.26. The van der Waals surface area contributed by atoms with Crippen molar-refractivity contribution in [1.82, 2.24) is 20.1 Å². The second kappa shape index (κ2) is 10.5. The van der Waals surface area contributed by atoms with Crippen molar-refractivity contribution in [3.63, 3.8) is 0 Å². The van der Waals surface area contributed by atoms with E-state index in [1.54, 1.807) is 28.8 Å². The molecule has 0 aliphatic heterocycles. The number of carbonyl (C=O) groups is 2. The molecule has 2 aromatic carbocycles. The molecule has 0 saturated carbocycles. The van der Waals surface area contributed by atoms with Crippen molar-refractivity contribution in [3.8, 4) is 0 Å². The smallest absolute Gasteiger partial charge is 0.251 e. The minimum Gasteiger partial charge on any atom is -0.342 e. The van der Waals surface area contributed by atoms with Crippen molar-refractivity contribution in [2.45, 2.75) is 32.0 Å². The van der Waals surface area contributed by atoms with Gasteiger partial charge in [0.2, 0.25) is 5.91 Å². The molecular formula is C22H23BrClN5O2S. The van der Waals surface area contributed by atoms with E-state index in [0.717, 1.165) is 21.3 Å². The van der Waals surface area contributed by atoms with E-state index < -0.39 is 0 Å². The Hall–Kier alpha value is -2.36. The molecule has 0 aliphatic carbocycles. The van der Waals surface area contributed by atoms with Crippen LogP contribution in [0.25, 0.3) is 0 Å². The lowest BCUT2D eigenvalue weighted by Crippen LogP contribution is -2.28. The Kier molecular flexibility index (Phi) is 7.97. The van der Waals surface area contributed by atoms with Gasteiger partial charge in [0.1, 0.15) is 0 Å². The predicted molar refractivity (Wildman–Crippen MR) is 131 cm³/mol. The Morgan fingerprint density at radius 3 is 2.50 bits per heavy atom. The number of hydrogen-bond donors (Lipinski definition) is 2. The van der Waals surface area contributed by atoms with Crippen molar-refractivity contribution >= 4 is 56.8 Å². The van der Waals surface area contributed by atoms with Crippen LogP contribution in [-0.4, -0.2) is 32.3 Å². The third-order valence-electron chi connectivity index (χ3n) is 5.04. The number of thioether (sulfide) groups is 1. The topological polar surface area (TPSA) is 88.9 Å². The van der Waals surface area contributed by atoms with Gasteiger partial charge in [0, 0.05) is 27.8 Å². The van der Waals surface area contributed by atoms with Crippen LogP contribution in [0.1, 0.15) is 40.3 Å². The Morgan fingerprint density at radius 1 is 1.12 bits per heavy atom. The van der Waals surface area contributed by atoms with E-state index in [1.807, 2.05) is 40.0 Å². The van der Waals surface area contributed by atoms with E-state index in [2.05, 4.69) is 36.8 Å². The van der Waals surface area contributed by atoms with Crippen LogP contribution in [0.3, 0.4) is 0 Å². The highest BCUT2D eigenvalue weighted by Gasteiger charge is 2.19. The lowest BCUT2D eigenvalue weighted by atomic mass is 10.1. The van der Waals surface area contributed by atoms with Gasteiger partial charge in [-0.25, -0.2) is 0 Å². The van der Waals surface area contributed by atoms with Gasteiger partial charge in [0.15, 0.2) is 11.0 Å². The molecular weight excluding hydrogens is 514 g/mol. The van der Waals surface area contributed by atoms with Crippen LogP contribution in [-0.2, 0) is 11.8 Å². The molecule has 2 N–H and O–H groups in total. The third kappa shape index (κ3) is 5.70. The lowest BCUT2D eigenvalue weighted by Gasteiger charge is -2.14. The number of amides is 2. The molecule has 32 heavy (non-hydrogen) atoms. The van der Waals surface area contributed by atoms with Crippen molar-refractivity contribution in [2.75, 3.05) is 11.1 Å². The average molecular weight is 537 g/mol. The van der Waals surface area contributed by atoms with Gasteiger partial charge in [-0.15, -0.1) is 10.2 Å². The highest BCUT2D eigenvalue weighted by molar-refractivity contribution is 9.10. The second-order valence-corrected chi connectivity index (χ2v) is 9.52. The number of aromatic nitrogens is 3. The van der Waals surface area contributed by atoms with Gasteiger partial charge in [-0.05, 0) is 68.3 Å². The molecule has 1 heterocycles. The zero-order valence-corrected chi connectivity index (χ0v) is 21.2. The highest BCUT2D eigenvalue weighted by atomic mass is 79.9. The molecule has 0 bridgehead atoms. The van der Waals surface area contributed by atoms with E-state index in [9.17, 15) is 9.59 Å². The number of halogens is 2. The van der Waals surface area contributed by atoms with Crippen LogP contribution in [0.5, 0.6) is 0 Å². The van der Waals surface area contributed by atoms with E-state index in [-0.39, 0.29) is 23.6 Å². The van der Waals surface area contributed by atoms with Gasteiger partial charge in [0.05, 0.1) is 11.8 Å². The van der Waals surface area contributed by atoms with Crippen molar-refractivity contribution in [3.05, 3.63) is 68.4 Å². The summed E-state index contributed by atoms with van der Waals surface area (Å²) in [5, 5.41) is 15.4. The lowest BCUT2D eigenvalue weighted by molar-refractivity contribution is -0.113. The van der Waals surface area contributed by atoms with Gasteiger partial charge in [0.25, 0.3) is 5.91 Å². The van der Waals surface area contributed by atoms with Gasteiger partial charge in [-0.2, -0.15) is 0 Å². The van der Waals surface area contributed by atoms with Crippen molar-refractivity contribution in [1.29, 1.82) is 0 Å². The normalized spacial score (nSPS) is 11.8. The molecule has 10 heteroatoms. The first-order valence-corrected chi connectivity index (χ1v) is 12.0. The summed E-state index contributed by atoms with van der Waals surface area (Å²) >= 11 is 10.7. The maximum absolute atomic E-state index is 12.4. The summed E-state index contributed by atoms with van der Waals surface area (Å²) in [5.74, 6) is 0.417.